The first-order chi connectivity index (χ1) is 13.4. The first-order valence-electron chi connectivity index (χ1n) is 8.92. The van der Waals surface area contributed by atoms with E-state index in [4.69, 9.17) is 4.74 Å². The van der Waals surface area contributed by atoms with E-state index >= 15 is 0 Å². The third-order valence-corrected chi connectivity index (χ3v) is 5.32. The molecule has 1 aromatic heterocycles. The molecule has 2 aromatic carbocycles. The summed E-state index contributed by atoms with van der Waals surface area (Å²) in [4.78, 5) is 27.8. The zero-order valence-corrected chi connectivity index (χ0v) is 16.8. The zero-order chi connectivity index (χ0) is 20.3. The number of nitro benzene ring substituents is 1. The Balaban J connectivity index is 2.06. The lowest BCUT2D eigenvalue weighted by atomic mass is 10.1. The molecule has 0 aliphatic rings. The number of aryl methyl sites for hydroxylation is 2. The first kappa shape index (κ1) is 19.9. The Labute approximate surface area is 166 Å². The molecule has 1 heterocycles. The molecule has 0 aliphatic heterocycles. The average Bonchev–Trinajstić information content (AvgIpc) is 2.99. The van der Waals surface area contributed by atoms with Gasteiger partial charge >= 0.3 is 0 Å². The van der Waals surface area contributed by atoms with Gasteiger partial charge in [-0.15, -0.1) is 0 Å². The van der Waals surface area contributed by atoms with E-state index in [0.29, 0.717) is 30.1 Å². The van der Waals surface area contributed by atoms with E-state index < -0.39 is 10.8 Å². The summed E-state index contributed by atoms with van der Waals surface area (Å²) in [6.45, 7) is 7.75. The minimum absolute atomic E-state index is 0.0590. The van der Waals surface area contributed by atoms with E-state index in [1.165, 1.54) is 35.6 Å². The second-order valence-corrected chi connectivity index (χ2v) is 7.39. The zero-order valence-electron chi connectivity index (χ0n) is 16.0. The lowest BCUT2D eigenvalue weighted by molar-refractivity contribution is -0.384. The molecule has 146 valence electrons. The van der Waals surface area contributed by atoms with Crippen LogP contribution in [0.4, 0.5) is 5.69 Å². The van der Waals surface area contributed by atoms with Crippen molar-refractivity contribution in [2.24, 2.45) is 4.99 Å². The number of ether oxygens (including phenoxy) is 1. The van der Waals surface area contributed by atoms with Gasteiger partial charge in [-0.05, 0) is 50.1 Å². The molecule has 0 saturated carbocycles. The number of non-ortho nitro benzene ring substituents is 1. The van der Waals surface area contributed by atoms with Crippen LogP contribution in [-0.2, 0) is 11.3 Å². The van der Waals surface area contributed by atoms with Gasteiger partial charge in [0.2, 0.25) is 0 Å². The summed E-state index contributed by atoms with van der Waals surface area (Å²) >= 11 is 1.45. The molecule has 3 aromatic rings. The van der Waals surface area contributed by atoms with Gasteiger partial charge in [0.1, 0.15) is 0 Å². The van der Waals surface area contributed by atoms with Crippen LogP contribution in [0.3, 0.4) is 0 Å². The van der Waals surface area contributed by atoms with Crippen molar-refractivity contribution in [1.29, 1.82) is 0 Å². The molecule has 0 bridgehead atoms. The minimum atomic E-state index is -0.496. The Morgan fingerprint density at radius 1 is 1.25 bits per heavy atom. The van der Waals surface area contributed by atoms with E-state index in [-0.39, 0.29) is 5.69 Å². The molecule has 3 rings (SSSR count). The van der Waals surface area contributed by atoms with Crippen LogP contribution in [0.5, 0.6) is 0 Å². The van der Waals surface area contributed by atoms with Crippen LogP contribution >= 0.6 is 11.3 Å². The Bertz CT molecular complexity index is 1100. The number of amides is 1. The van der Waals surface area contributed by atoms with Gasteiger partial charge in [-0.3, -0.25) is 14.9 Å². The largest absolute Gasteiger partial charge is 0.380 e. The Kier molecular flexibility index (Phi) is 6.01. The second kappa shape index (κ2) is 8.45. The molecule has 0 spiro atoms. The van der Waals surface area contributed by atoms with Gasteiger partial charge in [0.15, 0.2) is 4.80 Å². The van der Waals surface area contributed by atoms with Gasteiger partial charge in [-0.1, -0.05) is 17.4 Å². The van der Waals surface area contributed by atoms with Crippen molar-refractivity contribution in [2.45, 2.75) is 27.3 Å². The maximum atomic E-state index is 12.6. The van der Waals surface area contributed by atoms with Gasteiger partial charge in [0, 0.05) is 30.8 Å². The molecule has 0 atom stereocenters. The highest BCUT2D eigenvalue weighted by molar-refractivity contribution is 7.16. The highest BCUT2D eigenvalue weighted by Crippen LogP contribution is 2.23. The fourth-order valence-corrected chi connectivity index (χ4v) is 4.29. The number of carbonyl (C=O) groups excluding carboxylic acids is 1. The third-order valence-electron chi connectivity index (χ3n) is 4.30. The maximum Gasteiger partial charge on any atom is 0.279 e. The predicted octanol–water partition coefficient (Wildman–Crippen LogP) is 4.01. The van der Waals surface area contributed by atoms with Crippen molar-refractivity contribution < 1.29 is 14.5 Å². The molecule has 0 saturated heterocycles. The first-order valence-corrected chi connectivity index (χ1v) is 9.74. The normalized spacial score (nSPS) is 11.9. The third kappa shape index (κ3) is 4.18. The fraction of sp³-hybridized carbons (Fsp3) is 0.300. The number of thiazole rings is 1. The molecule has 8 heteroatoms. The molecule has 7 nitrogen and oxygen atoms in total. The number of benzene rings is 2. The number of nitro groups is 1. The highest BCUT2D eigenvalue weighted by Gasteiger charge is 2.13. The SMILES string of the molecule is CCOCCn1c(=NC(=O)c2ccc([N+](=O)[O-])cc2)sc2cc(C)cc(C)c21. The Hall–Kier alpha value is -2.84. The maximum absolute atomic E-state index is 12.6. The number of hydrogen-bond donors (Lipinski definition) is 0. The summed E-state index contributed by atoms with van der Waals surface area (Å²) in [6, 6.07) is 9.66. The summed E-state index contributed by atoms with van der Waals surface area (Å²) in [5.74, 6) is -0.430. The number of fused-ring (bicyclic) bond motifs is 1. The van der Waals surface area contributed by atoms with E-state index in [1.807, 2.05) is 25.3 Å². The Morgan fingerprint density at radius 3 is 2.61 bits per heavy atom. The molecule has 0 unspecified atom stereocenters. The fourth-order valence-electron chi connectivity index (χ4n) is 3.06. The molecule has 0 radical (unpaired) electrons. The van der Waals surface area contributed by atoms with Gasteiger partial charge in [-0.25, -0.2) is 0 Å². The highest BCUT2D eigenvalue weighted by atomic mass is 32.1. The van der Waals surface area contributed by atoms with Crippen LogP contribution in [0.1, 0.15) is 28.4 Å². The average molecular weight is 399 g/mol. The van der Waals surface area contributed by atoms with Crippen molar-refractivity contribution in [3.05, 3.63) is 68.0 Å². The smallest absolute Gasteiger partial charge is 0.279 e. The predicted molar refractivity (Wildman–Crippen MR) is 109 cm³/mol. The van der Waals surface area contributed by atoms with Gasteiger partial charge in [0.25, 0.3) is 11.6 Å². The summed E-state index contributed by atoms with van der Waals surface area (Å²) < 4.78 is 8.56. The van der Waals surface area contributed by atoms with Crippen LogP contribution in [0.15, 0.2) is 41.4 Å². The summed E-state index contributed by atoms with van der Waals surface area (Å²) in [5.41, 5.74) is 3.57. The topological polar surface area (TPSA) is 86.7 Å². The van der Waals surface area contributed by atoms with Crippen LogP contribution in [0, 0.1) is 24.0 Å². The quantitative estimate of drug-likeness (QED) is 0.356. The standard InChI is InChI=1S/C20H21N3O4S/c1-4-27-10-9-22-18-14(3)11-13(2)12-17(18)28-20(22)21-19(24)15-5-7-16(8-6-15)23(25)26/h5-8,11-12H,4,9-10H2,1-3H3. The van der Waals surface area contributed by atoms with E-state index in [0.717, 1.165) is 21.3 Å². The molecule has 0 fully saturated rings. The number of carbonyl (C=O) groups is 1. The van der Waals surface area contributed by atoms with Gasteiger partial charge < -0.3 is 9.30 Å². The number of aromatic nitrogens is 1. The number of rotatable bonds is 6. The van der Waals surface area contributed by atoms with Gasteiger partial charge in [0.05, 0.1) is 21.7 Å². The molecule has 0 aliphatic carbocycles. The van der Waals surface area contributed by atoms with Crippen molar-refractivity contribution in [1.82, 2.24) is 4.57 Å². The minimum Gasteiger partial charge on any atom is -0.380 e. The lowest BCUT2D eigenvalue weighted by Gasteiger charge is -2.08. The molecule has 0 N–H and O–H groups in total. The van der Waals surface area contributed by atoms with Crippen LogP contribution in [0.25, 0.3) is 10.2 Å². The summed E-state index contributed by atoms with van der Waals surface area (Å²) in [6.07, 6.45) is 0. The van der Waals surface area contributed by atoms with Crippen molar-refractivity contribution >= 4 is 33.1 Å². The van der Waals surface area contributed by atoms with E-state index in [9.17, 15) is 14.9 Å². The molecular formula is C20H21N3O4S. The summed E-state index contributed by atoms with van der Waals surface area (Å²) in [7, 11) is 0. The van der Waals surface area contributed by atoms with Crippen molar-refractivity contribution in [2.75, 3.05) is 13.2 Å². The second-order valence-electron chi connectivity index (χ2n) is 6.38. The monoisotopic (exact) mass is 399 g/mol. The molecule has 28 heavy (non-hydrogen) atoms. The Morgan fingerprint density at radius 2 is 1.96 bits per heavy atom. The van der Waals surface area contributed by atoms with Gasteiger partial charge in [-0.2, -0.15) is 4.99 Å². The lowest BCUT2D eigenvalue weighted by Crippen LogP contribution is -2.20. The van der Waals surface area contributed by atoms with Crippen molar-refractivity contribution in [3.63, 3.8) is 0 Å². The van der Waals surface area contributed by atoms with E-state index in [2.05, 4.69) is 17.1 Å². The summed E-state index contributed by atoms with van der Waals surface area (Å²) in [5, 5.41) is 10.8. The van der Waals surface area contributed by atoms with E-state index in [1.54, 1.807) is 0 Å². The van der Waals surface area contributed by atoms with Crippen LogP contribution < -0.4 is 4.80 Å². The number of hydrogen-bond acceptors (Lipinski definition) is 5. The molecule has 1 amide bonds. The van der Waals surface area contributed by atoms with Crippen LogP contribution in [0.2, 0.25) is 0 Å². The molecular weight excluding hydrogens is 378 g/mol. The van der Waals surface area contributed by atoms with Crippen molar-refractivity contribution in [3.8, 4) is 0 Å². The number of nitrogens with zero attached hydrogens (tertiary/aromatic N) is 3. The van der Waals surface area contributed by atoms with Crippen LogP contribution in [-0.4, -0.2) is 28.6 Å².